The number of fused-ring (bicyclic) bond motifs is 1. The van der Waals surface area contributed by atoms with E-state index in [1.807, 2.05) is 36.6 Å². The van der Waals surface area contributed by atoms with E-state index in [9.17, 15) is 4.79 Å². The van der Waals surface area contributed by atoms with E-state index in [4.69, 9.17) is 16.7 Å². The fourth-order valence-corrected chi connectivity index (χ4v) is 2.57. The second-order valence-electron chi connectivity index (χ2n) is 4.09. The number of carbonyl (C=O) groups is 1. The van der Waals surface area contributed by atoms with Gasteiger partial charge >= 0.3 is 5.97 Å². The van der Waals surface area contributed by atoms with Gasteiger partial charge in [0.1, 0.15) is 5.15 Å². The van der Waals surface area contributed by atoms with Crippen molar-refractivity contribution in [2.45, 2.75) is 20.4 Å². The molecule has 0 atom stereocenters. The summed E-state index contributed by atoms with van der Waals surface area (Å²) in [5.74, 6) is -0.976. The predicted molar refractivity (Wildman–Crippen MR) is 74.0 cm³/mol. The van der Waals surface area contributed by atoms with Gasteiger partial charge < -0.3 is 9.67 Å². The number of carboxylic acid groups (broad SMARTS) is 1. The molecule has 0 aliphatic heterocycles. The van der Waals surface area contributed by atoms with Gasteiger partial charge in [0.15, 0.2) is 0 Å². The summed E-state index contributed by atoms with van der Waals surface area (Å²) in [4.78, 5) is 10.6. The highest BCUT2D eigenvalue weighted by Gasteiger charge is 2.14. The summed E-state index contributed by atoms with van der Waals surface area (Å²) in [6.45, 7) is 4.79. The summed E-state index contributed by atoms with van der Waals surface area (Å²) in [5, 5.41) is 10.3. The molecule has 0 radical (unpaired) electrons. The van der Waals surface area contributed by atoms with Gasteiger partial charge in [-0.3, -0.25) is 0 Å². The SMILES string of the molecule is CCn1c(Cl)c(/C=C/C(=O)O)c2cccc(C)c21. The molecule has 0 saturated heterocycles. The highest BCUT2D eigenvalue weighted by molar-refractivity contribution is 6.33. The van der Waals surface area contributed by atoms with Crippen LogP contribution in [0.1, 0.15) is 18.1 Å². The van der Waals surface area contributed by atoms with Crippen molar-refractivity contribution in [2.24, 2.45) is 0 Å². The van der Waals surface area contributed by atoms with Crippen LogP contribution in [0.15, 0.2) is 24.3 Å². The molecule has 0 unspecified atom stereocenters. The summed E-state index contributed by atoms with van der Waals surface area (Å²) < 4.78 is 1.99. The van der Waals surface area contributed by atoms with Crippen molar-refractivity contribution in [2.75, 3.05) is 0 Å². The molecule has 2 aromatic rings. The molecule has 1 aromatic heterocycles. The van der Waals surface area contributed by atoms with Crippen molar-refractivity contribution in [1.82, 2.24) is 4.57 Å². The third-order valence-corrected chi connectivity index (χ3v) is 3.37. The maximum absolute atomic E-state index is 10.6. The van der Waals surface area contributed by atoms with E-state index >= 15 is 0 Å². The first-order valence-corrected chi connectivity index (χ1v) is 6.12. The smallest absolute Gasteiger partial charge is 0.328 e. The Morgan fingerprint density at radius 1 is 1.50 bits per heavy atom. The molecule has 0 saturated carbocycles. The zero-order valence-electron chi connectivity index (χ0n) is 10.3. The van der Waals surface area contributed by atoms with Crippen molar-refractivity contribution in [3.05, 3.63) is 40.6 Å². The van der Waals surface area contributed by atoms with Crippen molar-refractivity contribution < 1.29 is 9.90 Å². The third kappa shape index (κ3) is 2.02. The second-order valence-corrected chi connectivity index (χ2v) is 4.45. The van der Waals surface area contributed by atoms with Crippen molar-refractivity contribution in [3.8, 4) is 0 Å². The lowest BCUT2D eigenvalue weighted by atomic mass is 10.1. The molecule has 0 amide bonds. The third-order valence-electron chi connectivity index (χ3n) is 2.97. The normalized spacial score (nSPS) is 11.5. The standard InChI is InChI=1S/C14H14ClNO2/c1-3-16-13-9(2)5-4-6-10(13)11(14(16)15)7-8-12(17)18/h4-8H,3H2,1-2H3,(H,17,18)/b8-7+. The summed E-state index contributed by atoms with van der Waals surface area (Å²) in [5.41, 5.74) is 2.96. The van der Waals surface area contributed by atoms with Crippen LogP contribution < -0.4 is 0 Å². The Morgan fingerprint density at radius 2 is 2.22 bits per heavy atom. The number of rotatable bonds is 3. The van der Waals surface area contributed by atoms with Gasteiger partial charge in [0.25, 0.3) is 0 Å². The molecular formula is C14H14ClNO2. The van der Waals surface area contributed by atoms with E-state index in [0.29, 0.717) is 5.15 Å². The van der Waals surface area contributed by atoms with Crippen LogP contribution in [0.3, 0.4) is 0 Å². The maximum atomic E-state index is 10.6. The molecule has 1 heterocycles. The van der Waals surface area contributed by atoms with Gasteiger partial charge in [-0.15, -0.1) is 0 Å². The maximum Gasteiger partial charge on any atom is 0.328 e. The van der Waals surface area contributed by atoms with Crippen LogP contribution in [0, 0.1) is 6.92 Å². The molecule has 0 spiro atoms. The average molecular weight is 264 g/mol. The minimum atomic E-state index is -0.976. The number of para-hydroxylation sites is 1. The average Bonchev–Trinajstić information content (AvgIpc) is 2.60. The molecule has 94 valence electrons. The number of halogens is 1. The first-order chi connectivity index (χ1) is 8.56. The lowest BCUT2D eigenvalue weighted by molar-refractivity contribution is -0.131. The zero-order valence-corrected chi connectivity index (χ0v) is 11.0. The van der Waals surface area contributed by atoms with E-state index in [-0.39, 0.29) is 0 Å². The van der Waals surface area contributed by atoms with Crippen LogP contribution in [0.25, 0.3) is 17.0 Å². The highest BCUT2D eigenvalue weighted by Crippen LogP contribution is 2.32. The van der Waals surface area contributed by atoms with Gasteiger partial charge in [0, 0.05) is 23.6 Å². The lowest BCUT2D eigenvalue weighted by Crippen LogP contribution is -1.94. The Kier molecular flexibility index (Phi) is 3.43. The summed E-state index contributed by atoms with van der Waals surface area (Å²) in [7, 11) is 0. The fourth-order valence-electron chi connectivity index (χ4n) is 2.20. The van der Waals surface area contributed by atoms with Crippen LogP contribution in [-0.4, -0.2) is 15.6 Å². The summed E-state index contributed by atoms with van der Waals surface area (Å²) in [6.07, 6.45) is 2.67. The Balaban J connectivity index is 2.77. The highest BCUT2D eigenvalue weighted by atomic mass is 35.5. The molecule has 4 heteroatoms. The van der Waals surface area contributed by atoms with Gasteiger partial charge in [-0.2, -0.15) is 0 Å². The van der Waals surface area contributed by atoms with Gasteiger partial charge in [0.2, 0.25) is 0 Å². The molecule has 0 fully saturated rings. The van der Waals surface area contributed by atoms with Crippen LogP contribution >= 0.6 is 11.6 Å². The van der Waals surface area contributed by atoms with E-state index in [0.717, 1.165) is 34.7 Å². The number of benzene rings is 1. The van der Waals surface area contributed by atoms with Crippen LogP contribution in [0.2, 0.25) is 5.15 Å². The Morgan fingerprint density at radius 3 is 2.83 bits per heavy atom. The van der Waals surface area contributed by atoms with Crippen molar-refractivity contribution >= 4 is 34.5 Å². The number of hydrogen-bond acceptors (Lipinski definition) is 1. The number of hydrogen-bond donors (Lipinski definition) is 1. The Hall–Kier alpha value is -1.74. The monoisotopic (exact) mass is 263 g/mol. The molecule has 18 heavy (non-hydrogen) atoms. The van der Waals surface area contributed by atoms with Gasteiger partial charge in [-0.1, -0.05) is 29.8 Å². The largest absolute Gasteiger partial charge is 0.478 e. The predicted octanol–water partition coefficient (Wildman–Crippen LogP) is 3.72. The molecule has 3 nitrogen and oxygen atoms in total. The van der Waals surface area contributed by atoms with E-state index in [1.54, 1.807) is 6.08 Å². The first-order valence-electron chi connectivity index (χ1n) is 5.74. The molecule has 1 N–H and O–H groups in total. The van der Waals surface area contributed by atoms with Crippen LogP contribution in [-0.2, 0) is 11.3 Å². The van der Waals surface area contributed by atoms with E-state index in [2.05, 4.69) is 0 Å². The van der Waals surface area contributed by atoms with E-state index < -0.39 is 5.97 Å². The summed E-state index contributed by atoms with van der Waals surface area (Å²) in [6, 6.07) is 5.93. The molecule has 0 aliphatic rings. The quantitative estimate of drug-likeness (QED) is 0.858. The lowest BCUT2D eigenvalue weighted by Gasteiger charge is -2.04. The van der Waals surface area contributed by atoms with Gasteiger partial charge in [-0.05, 0) is 25.5 Å². The number of nitrogens with zero attached hydrogens (tertiary/aromatic N) is 1. The van der Waals surface area contributed by atoms with E-state index in [1.165, 1.54) is 0 Å². The minimum absolute atomic E-state index is 0.583. The molecule has 0 aliphatic carbocycles. The Bertz CT molecular complexity index is 641. The number of aromatic nitrogens is 1. The molecule has 1 aromatic carbocycles. The fraction of sp³-hybridized carbons (Fsp3) is 0.214. The molecule has 2 rings (SSSR count). The van der Waals surface area contributed by atoms with Crippen LogP contribution in [0.4, 0.5) is 0 Å². The van der Waals surface area contributed by atoms with Crippen molar-refractivity contribution in [3.63, 3.8) is 0 Å². The van der Waals surface area contributed by atoms with Crippen molar-refractivity contribution in [1.29, 1.82) is 0 Å². The van der Waals surface area contributed by atoms with Crippen LogP contribution in [0.5, 0.6) is 0 Å². The van der Waals surface area contributed by atoms with Gasteiger partial charge in [0.05, 0.1) is 5.52 Å². The zero-order chi connectivity index (χ0) is 13.3. The summed E-state index contributed by atoms with van der Waals surface area (Å²) >= 11 is 6.33. The van der Waals surface area contributed by atoms with Gasteiger partial charge in [-0.25, -0.2) is 4.79 Å². The number of carboxylic acids is 1. The topological polar surface area (TPSA) is 42.2 Å². The molecular weight excluding hydrogens is 250 g/mol. The second kappa shape index (κ2) is 4.86. The Labute approximate surface area is 110 Å². The number of aliphatic carboxylic acids is 1. The first kappa shape index (κ1) is 12.7. The minimum Gasteiger partial charge on any atom is -0.478 e. The number of aryl methyl sites for hydroxylation is 2. The molecule has 0 bridgehead atoms.